The van der Waals surface area contributed by atoms with E-state index in [1.807, 2.05) is 17.9 Å². The van der Waals surface area contributed by atoms with Crippen LogP contribution in [0.2, 0.25) is 0 Å². The van der Waals surface area contributed by atoms with E-state index in [1.165, 1.54) is 24.1 Å². The third kappa shape index (κ3) is 4.12. The Hall–Kier alpha value is -0.950. The Bertz CT molecular complexity index is 497. The molecule has 1 aromatic heterocycles. The number of aromatic nitrogens is 2. The van der Waals surface area contributed by atoms with Gasteiger partial charge in [-0.2, -0.15) is 5.10 Å². The number of nitrogens with zero attached hydrogens (tertiary/aromatic N) is 3. The van der Waals surface area contributed by atoms with E-state index in [0.29, 0.717) is 18.7 Å². The highest BCUT2D eigenvalue weighted by molar-refractivity contribution is 5.24. The molecule has 1 aliphatic carbocycles. The Morgan fingerprint density at radius 1 is 1.39 bits per heavy atom. The van der Waals surface area contributed by atoms with Crippen molar-refractivity contribution >= 4 is 0 Å². The van der Waals surface area contributed by atoms with Crippen LogP contribution in [0.25, 0.3) is 0 Å². The van der Waals surface area contributed by atoms with Gasteiger partial charge in [-0.15, -0.1) is 0 Å². The van der Waals surface area contributed by atoms with Crippen LogP contribution in [0.5, 0.6) is 0 Å². The largest absolute Gasteiger partial charge is 0.389 e. The molecule has 0 saturated carbocycles. The first-order valence-electron chi connectivity index (χ1n) is 8.83. The smallest absolute Gasteiger partial charge is 0.0900 e. The van der Waals surface area contributed by atoms with Crippen LogP contribution >= 0.6 is 0 Å². The summed E-state index contributed by atoms with van der Waals surface area (Å²) in [4.78, 5) is 2.35. The number of methoxy groups -OCH3 is 1. The first-order valence-corrected chi connectivity index (χ1v) is 8.83. The predicted octanol–water partition coefficient (Wildman–Crippen LogP) is 0.859. The number of aliphatic hydroxyl groups excluding tert-OH is 1. The number of fused-ring (bicyclic) bond motifs is 1. The fourth-order valence-corrected chi connectivity index (χ4v) is 3.99. The number of nitrogens with one attached hydrogen (secondary N) is 1. The Morgan fingerprint density at radius 2 is 2.17 bits per heavy atom. The highest BCUT2D eigenvalue weighted by Gasteiger charge is 2.27. The van der Waals surface area contributed by atoms with E-state index in [9.17, 15) is 5.11 Å². The average Bonchev–Trinajstić information content (AvgIpc) is 2.92. The summed E-state index contributed by atoms with van der Waals surface area (Å²) in [5.74, 6) is 0. The highest BCUT2D eigenvalue weighted by atomic mass is 16.5. The SMILES string of the molecule is COCC(O)CN1CCC(NC2CCCc3c2cnn3C)CC1. The molecule has 0 aromatic carbocycles. The third-order valence-electron chi connectivity index (χ3n) is 5.23. The maximum atomic E-state index is 9.85. The van der Waals surface area contributed by atoms with Gasteiger partial charge in [0.15, 0.2) is 0 Å². The lowest BCUT2D eigenvalue weighted by molar-refractivity contribution is 0.0306. The Labute approximate surface area is 138 Å². The van der Waals surface area contributed by atoms with Crippen molar-refractivity contribution in [3.05, 3.63) is 17.5 Å². The van der Waals surface area contributed by atoms with Crippen LogP contribution in [0.15, 0.2) is 6.20 Å². The van der Waals surface area contributed by atoms with E-state index >= 15 is 0 Å². The number of aryl methyl sites for hydroxylation is 1. The Morgan fingerprint density at radius 3 is 2.91 bits per heavy atom. The fraction of sp³-hybridized carbons (Fsp3) is 0.824. The lowest BCUT2D eigenvalue weighted by Gasteiger charge is -2.36. The van der Waals surface area contributed by atoms with E-state index in [-0.39, 0.29) is 6.10 Å². The van der Waals surface area contributed by atoms with Crippen molar-refractivity contribution in [1.29, 1.82) is 0 Å². The molecule has 2 N–H and O–H groups in total. The van der Waals surface area contributed by atoms with Gasteiger partial charge in [0.05, 0.1) is 18.9 Å². The fourth-order valence-electron chi connectivity index (χ4n) is 3.99. The second kappa shape index (κ2) is 7.75. The van der Waals surface area contributed by atoms with Gasteiger partial charge in [0, 0.05) is 44.0 Å². The first kappa shape index (κ1) is 16.9. The van der Waals surface area contributed by atoms with Gasteiger partial charge in [0.25, 0.3) is 0 Å². The molecule has 6 heteroatoms. The normalized spacial score (nSPS) is 24.6. The van der Waals surface area contributed by atoms with E-state index in [0.717, 1.165) is 38.9 Å². The minimum absolute atomic E-state index is 0.374. The average molecular weight is 322 g/mol. The molecular weight excluding hydrogens is 292 g/mol. The van der Waals surface area contributed by atoms with Gasteiger partial charge in [-0.25, -0.2) is 0 Å². The van der Waals surface area contributed by atoms with Crippen molar-refractivity contribution < 1.29 is 9.84 Å². The van der Waals surface area contributed by atoms with Gasteiger partial charge in [-0.05, 0) is 45.2 Å². The van der Waals surface area contributed by atoms with Crippen LogP contribution in [-0.2, 0) is 18.2 Å². The van der Waals surface area contributed by atoms with Gasteiger partial charge in [0.1, 0.15) is 0 Å². The van der Waals surface area contributed by atoms with Gasteiger partial charge >= 0.3 is 0 Å². The van der Waals surface area contributed by atoms with Crippen LogP contribution in [0.3, 0.4) is 0 Å². The monoisotopic (exact) mass is 322 g/mol. The summed E-state index contributed by atoms with van der Waals surface area (Å²) in [6, 6.07) is 1.03. The summed E-state index contributed by atoms with van der Waals surface area (Å²) in [6.45, 7) is 3.23. The molecule has 2 heterocycles. The van der Waals surface area contributed by atoms with E-state index in [1.54, 1.807) is 7.11 Å². The summed E-state index contributed by atoms with van der Waals surface area (Å²) in [6.07, 6.45) is 7.57. The summed E-state index contributed by atoms with van der Waals surface area (Å²) in [5.41, 5.74) is 2.80. The molecule has 0 amide bonds. The number of hydrogen-bond donors (Lipinski definition) is 2. The van der Waals surface area contributed by atoms with Crippen molar-refractivity contribution in [3.63, 3.8) is 0 Å². The highest BCUT2D eigenvalue weighted by Crippen LogP contribution is 2.30. The molecular formula is C17H30N4O2. The second-order valence-corrected chi connectivity index (χ2v) is 6.97. The molecule has 23 heavy (non-hydrogen) atoms. The molecule has 2 unspecified atom stereocenters. The molecule has 0 bridgehead atoms. The lowest BCUT2D eigenvalue weighted by atomic mass is 9.91. The number of hydrogen-bond acceptors (Lipinski definition) is 5. The minimum atomic E-state index is -0.374. The predicted molar refractivity (Wildman–Crippen MR) is 89.4 cm³/mol. The number of β-amino-alcohol motifs (C(OH)–C–C–N with tert-alkyl or cyclic N) is 1. The first-order chi connectivity index (χ1) is 11.2. The molecule has 130 valence electrons. The summed E-state index contributed by atoms with van der Waals surface area (Å²) in [5, 5.41) is 18.1. The zero-order valence-electron chi connectivity index (χ0n) is 14.4. The number of ether oxygens (including phenoxy) is 1. The zero-order valence-corrected chi connectivity index (χ0v) is 14.4. The quantitative estimate of drug-likeness (QED) is 0.813. The topological polar surface area (TPSA) is 62.6 Å². The summed E-state index contributed by atoms with van der Waals surface area (Å²) in [7, 11) is 3.68. The van der Waals surface area contributed by atoms with Crippen LogP contribution in [0.1, 0.15) is 43.0 Å². The molecule has 2 atom stereocenters. The molecule has 1 aliphatic heterocycles. The third-order valence-corrected chi connectivity index (χ3v) is 5.23. The number of piperidine rings is 1. The van der Waals surface area contributed by atoms with Crippen molar-refractivity contribution in [1.82, 2.24) is 20.0 Å². The second-order valence-electron chi connectivity index (χ2n) is 6.97. The maximum Gasteiger partial charge on any atom is 0.0900 e. The van der Waals surface area contributed by atoms with E-state index < -0.39 is 0 Å². The number of aliphatic hydroxyl groups is 1. The van der Waals surface area contributed by atoms with Crippen LogP contribution in [0.4, 0.5) is 0 Å². The van der Waals surface area contributed by atoms with Gasteiger partial charge < -0.3 is 20.1 Å². The molecule has 1 aromatic rings. The van der Waals surface area contributed by atoms with Crippen LogP contribution in [0, 0.1) is 0 Å². The van der Waals surface area contributed by atoms with Crippen molar-refractivity contribution in [2.45, 2.75) is 50.3 Å². The molecule has 3 rings (SSSR count). The minimum Gasteiger partial charge on any atom is -0.389 e. The van der Waals surface area contributed by atoms with Gasteiger partial charge in [0.2, 0.25) is 0 Å². The van der Waals surface area contributed by atoms with Crippen LogP contribution < -0.4 is 5.32 Å². The molecule has 0 radical (unpaired) electrons. The number of likely N-dealkylation sites (tertiary alicyclic amines) is 1. The van der Waals surface area contributed by atoms with Crippen molar-refractivity contribution in [2.75, 3.05) is 33.4 Å². The summed E-state index contributed by atoms with van der Waals surface area (Å²) < 4.78 is 7.04. The zero-order chi connectivity index (χ0) is 16.2. The molecule has 0 spiro atoms. The standard InChI is InChI=1S/C17H30N4O2/c1-20-17-5-3-4-16(15(17)10-18-20)19-13-6-8-21(9-7-13)11-14(22)12-23-2/h10,13-14,16,19,22H,3-9,11-12H2,1-2H3. The van der Waals surface area contributed by atoms with Crippen molar-refractivity contribution in [2.24, 2.45) is 7.05 Å². The van der Waals surface area contributed by atoms with Gasteiger partial charge in [-0.3, -0.25) is 4.68 Å². The molecule has 1 saturated heterocycles. The van der Waals surface area contributed by atoms with Crippen molar-refractivity contribution in [3.8, 4) is 0 Å². The molecule has 1 fully saturated rings. The number of rotatable bonds is 6. The lowest BCUT2D eigenvalue weighted by Crippen LogP contribution is -2.46. The van der Waals surface area contributed by atoms with E-state index in [2.05, 4.69) is 15.3 Å². The Balaban J connectivity index is 1.48. The molecule has 6 nitrogen and oxygen atoms in total. The molecule has 2 aliphatic rings. The Kier molecular flexibility index (Phi) is 5.69. The van der Waals surface area contributed by atoms with Crippen LogP contribution in [-0.4, -0.2) is 65.3 Å². The van der Waals surface area contributed by atoms with E-state index in [4.69, 9.17) is 4.74 Å². The summed E-state index contributed by atoms with van der Waals surface area (Å²) >= 11 is 0. The maximum absolute atomic E-state index is 9.85. The van der Waals surface area contributed by atoms with Gasteiger partial charge in [-0.1, -0.05) is 0 Å².